The maximum atomic E-state index is 12.8. The first kappa shape index (κ1) is 20.2. The zero-order chi connectivity index (χ0) is 17.2. The van der Waals surface area contributed by atoms with Crippen molar-refractivity contribution < 1.29 is 13.2 Å². The summed E-state index contributed by atoms with van der Waals surface area (Å²) in [5.41, 5.74) is 5.89. The first-order chi connectivity index (χ1) is 11.5. The van der Waals surface area contributed by atoms with Crippen molar-refractivity contribution in [2.45, 2.75) is 61.5 Å². The predicted octanol–water partition coefficient (Wildman–Crippen LogP) is 1.65. The molecule has 25 heavy (non-hydrogen) atoms. The molecule has 140 valence electrons. The van der Waals surface area contributed by atoms with E-state index in [1.165, 1.54) is 4.31 Å². The van der Waals surface area contributed by atoms with Gasteiger partial charge in [0, 0.05) is 18.6 Å². The SMILES string of the molecule is Cl.NC1CCC(NC(=O)C2CCCN2S(=O)(=O)c2ccccc2)CC1. The number of carbonyl (C=O) groups is 1. The average Bonchev–Trinajstić information content (AvgIpc) is 3.08. The number of hydrogen-bond donors (Lipinski definition) is 2. The number of nitrogens with two attached hydrogens (primary N) is 1. The Morgan fingerprint density at radius 1 is 1.08 bits per heavy atom. The Morgan fingerprint density at radius 2 is 1.72 bits per heavy atom. The Kier molecular flexibility index (Phi) is 6.85. The van der Waals surface area contributed by atoms with Crippen LogP contribution in [0.15, 0.2) is 35.2 Å². The van der Waals surface area contributed by atoms with Crippen LogP contribution in [0.3, 0.4) is 0 Å². The maximum Gasteiger partial charge on any atom is 0.243 e. The topological polar surface area (TPSA) is 92.5 Å². The van der Waals surface area contributed by atoms with Crippen molar-refractivity contribution in [3.05, 3.63) is 30.3 Å². The van der Waals surface area contributed by atoms with E-state index in [0.717, 1.165) is 25.7 Å². The molecule has 1 atom stereocenters. The average molecular weight is 388 g/mol. The third-order valence-electron chi connectivity index (χ3n) is 4.97. The van der Waals surface area contributed by atoms with Gasteiger partial charge in [-0.1, -0.05) is 18.2 Å². The summed E-state index contributed by atoms with van der Waals surface area (Å²) in [4.78, 5) is 12.9. The number of carbonyl (C=O) groups excluding carboxylic acids is 1. The van der Waals surface area contributed by atoms with Crippen LogP contribution in [0.2, 0.25) is 0 Å². The molecule has 1 saturated heterocycles. The minimum absolute atomic E-state index is 0. The smallest absolute Gasteiger partial charge is 0.243 e. The number of nitrogens with zero attached hydrogens (tertiary/aromatic N) is 1. The van der Waals surface area contributed by atoms with Crippen molar-refractivity contribution >= 4 is 28.3 Å². The van der Waals surface area contributed by atoms with Crippen LogP contribution < -0.4 is 11.1 Å². The lowest BCUT2D eigenvalue weighted by Gasteiger charge is -2.29. The number of hydrogen-bond acceptors (Lipinski definition) is 4. The first-order valence-electron chi connectivity index (χ1n) is 8.61. The van der Waals surface area contributed by atoms with E-state index < -0.39 is 16.1 Å². The highest BCUT2D eigenvalue weighted by Gasteiger charge is 2.40. The van der Waals surface area contributed by atoms with Gasteiger partial charge >= 0.3 is 0 Å². The standard InChI is InChI=1S/C17H25N3O3S.ClH/c18-13-8-10-14(11-9-13)19-17(21)16-7-4-12-20(16)24(22,23)15-5-2-1-3-6-15;/h1-3,5-6,13-14,16H,4,7-12,18H2,(H,19,21);1H. The van der Waals surface area contributed by atoms with Gasteiger partial charge in [-0.15, -0.1) is 12.4 Å². The minimum Gasteiger partial charge on any atom is -0.352 e. The molecule has 1 aliphatic carbocycles. The number of sulfonamides is 1. The van der Waals surface area contributed by atoms with Gasteiger partial charge in [0.15, 0.2) is 0 Å². The normalized spacial score (nSPS) is 27.5. The second kappa shape index (κ2) is 8.49. The molecule has 0 spiro atoms. The third kappa shape index (κ3) is 4.53. The molecule has 1 heterocycles. The molecule has 3 N–H and O–H groups in total. The predicted molar refractivity (Wildman–Crippen MR) is 99.0 cm³/mol. The monoisotopic (exact) mass is 387 g/mol. The Bertz CT molecular complexity index is 676. The lowest BCUT2D eigenvalue weighted by atomic mass is 9.91. The van der Waals surface area contributed by atoms with Crippen LogP contribution in [-0.2, 0) is 14.8 Å². The fraction of sp³-hybridized carbons (Fsp3) is 0.588. The van der Waals surface area contributed by atoms with Crippen LogP contribution in [0.5, 0.6) is 0 Å². The molecule has 2 aliphatic rings. The van der Waals surface area contributed by atoms with Gasteiger partial charge in [-0.05, 0) is 50.7 Å². The van der Waals surface area contributed by atoms with Crippen LogP contribution in [0, 0.1) is 0 Å². The summed E-state index contributed by atoms with van der Waals surface area (Å²) >= 11 is 0. The van der Waals surface area contributed by atoms with Crippen molar-refractivity contribution in [1.29, 1.82) is 0 Å². The van der Waals surface area contributed by atoms with Gasteiger partial charge in [0.05, 0.1) is 4.90 Å². The summed E-state index contributed by atoms with van der Waals surface area (Å²) in [5, 5.41) is 3.03. The van der Waals surface area contributed by atoms with Crippen molar-refractivity contribution in [3.8, 4) is 0 Å². The molecule has 1 aromatic carbocycles. The molecule has 1 saturated carbocycles. The molecular weight excluding hydrogens is 362 g/mol. The summed E-state index contributed by atoms with van der Waals surface area (Å²) in [7, 11) is -3.63. The van der Waals surface area contributed by atoms with Gasteiger partial charge in [0.25, 0.3) is 0 Å². The summed E-state index contributed by atoms with van der Waals surface area (Å²) in [6, 6.07) is 8.05. The summed E-state index contributed by atoms with van der Waals surface area (Å²) in [6.07, 6.45) is 4.82. The molecule has 3 rings (SSSR count). The quantitative estimate of drug-likeness (QED) is 0.821. The largest absolute Gasteiger partial charge is 0.352 e. The second-order valence-electron chi connectivity index (χ2n) is 6.71. The highest BCUT2D eigenvalue weighted by atomic mass is 35.5. The zero-order valence-corrected chi connectivity index (χ0v) is 15.8. The second-order valence-corrected chi connectivity index (χ2v) is 8.60. The van der Waals surface area contributed by atoms with E-state index in [-0.39, 0.29) is 35.3 Å². The molecule has 1 amide bonds. The van der Waals surface area contributed by atoms with E-state index >= 15 is 0 Å². The van der Waals surface area contributed by atoms with E-state index in [0.29, 0.717) is 19.4 Å². The molecular formula is C17H26ClN3O3S. The van der Waals surface area contributed by atoms with E-state index in [1.807, 2.05) is 0 Å². The van der Waals surface area contributed by atoms with Crippen LogP contribution in [-0.4, -0.2) is 43.3 Å². The maximum absolute atomic E-state index is 12.8. The van der Waals surface area contributed by atoms with E-state index in [9.17, 15) is 13.2 Å². The molecule has 2 fully saturated rings. The number of benzene rings is 1. The highest BCUT2D eigenvalue weighted by Crippen LogP contribution is 2.27. The van der Waals surface area contributed by atoms with Crippen LogP contribution in [0.4, 0.5) is 0 Å². The van der Waals surface area contributed by atoms with Gasteiger partial charge in [0.1, 0.15) is 6.04 Å². The zero-order valence-electron chi connectivity index (χ0n) is 14.1. The Balaban J connectivity index is 0.00000225. The van der Waals surface area contributed by atoms with Crippen LogP contribution >= 0.6 is 12.4 Å². The summed E-state index contributed by atoms with van der Waals surface area (Å²) in [6.45, 7) is 0.394. The minimum atomic E-state index is -3.63. The van der Waals surface area contributed by atoms with Crippen molar-refractivity contribution in [1.82, 2.24) is 9.62 Å². The van der Waals surface area contributed by atoms with Crippen molar-refractivity contribution in [2.24, 2.45) is 5.73 Å². The Labute approximate surface area is 155 Å². The molecule has 0 bridgehead atoms. The summed E-state index contributed by atoms with van der Waals surface area (Å²) in [5.74, 6) is -0.174. The fourth-order valence-electron chi connectivity index (χ4n) is 3.58. The Hall–Kier alpha value is -1.15. The van der Waals surface area contributed by atoms with Crippen LogP contribution in [0.25, 0.3) is 0 Å². The number of amides is 1. The molecule has 8 heteroatoms. The van der Waals surface area contributed by atoms with Crippen molar-refractivity contribution in [3.63, 3.8) is 0 Å². The highest BCUT2D eigenvalue weighted by molar-refractivity contribution is 7.89. The van der Waals surface area contributed by atoms with E-state index in [4.69, 9.17) is 5.73 Å². The van der Waals surface area contributed by atoms with Gasteiger partial charge in [-0.2, -0.15) is 4.31 Å². The lowest BCUT2D eigenvalue weighted by molar-refractivity contribution is -0.125. The summed E-state index contributed by atoms with van der Waals surface area (Å²) < 4.78 is 27.0. The number of rotatable bonds is 4. The molecule has 0 aromatic heterocycles. The lowest BCUT2D eigenvalue weighted by Crippen LogP contribution is -2.50. The molecule has 0 radical (unpaired) electrons. The first-order valence-corrected chi connectivity index (χ1v) is 10.1. The molecule has 1 unspecified atom stereocenters. The van der Waals surface area contributed by atoms with E-state index in [2.05, 4.69) is 5.32 Å². The fourth-order valence-corrected chi connectivity index (χ4v) is 5.26. The molecule has 6 nitrogen and oxygen atoms in total. The van der Waals surface area contributed by atoms with E-state index in [1.54, 1.807) is 30.3 Å². The Morgan fingerprint density at radius 3 is 2.36 bits per heavy atom. The molecule has 1 aliphatic heterocycles. The van der Waals surface area contributed by atoms with Gasteiger partial charge in [-0.3, -0.25) is 4.79 Å². The van der Waals surface area contributed by atoms with Crippen molar-refractivity contribution in [2.75, 3.05) is 6.54 Å². The van der Waals surface area contributed by atoms with Gasteiger partial charge in [0.2, 0.25) is 15.9 Å². The molecule has 1 aromatic rings. The number of halogens is 1. The third-order valence-corrected chi connectivity index (χ3v) is 6.90. The van der Waals surface area contributed by atoms with Gasteiger partial charge in [-0.25, -0.2) is 8.42 Å². The number of nitrogens with one attached hydrogen (secondary N) is 1. The van der Waals surface area contributed by atoms with Gasteiger partial charge < -0.3 is 11.1 Å². The van der Waals surface area contributed by atoms with Crippen LogP contribution in [0.1, 0.15) is 38.5 Å².